The van der Waals surface area contributed by atoms with Crippen LogP contribution < -0.4 is 9.62 Å². The number of likely N-dealkylation sites (N-methyl/N-ethyl adjacent to an activating group) is 1. The first-order valence-corrected chi connectivity index (χ1v) is 14.6. The summed E-state index contributed by atoms with van der Waals surface area (Å²) in [4.78, 5) is 28.8. The number of carbonyl (C=O) groups excluding carboxylic acids is 2. The van der Waals surface area contributed by atoms with Crippen LogP contribution in [0.15, 0.2) is 72.8 Å². The molecule has 3 aromatic rings. The standard InChI is InChI=1S/C29H34ClN3O4S/c1-5-31-29(35)27(18-23-13-7-6-8-14-23)32(19-24-15-9-10-16-25(24)30)28(34)20-33(38(4,36)37)26-17-11-12-21(2)22(26)3/h6-17,27H,5,18-20H2,1-4H3,(H,31,35)/t27-/m1/s1. The number of carbonyl (C=O) groups is 2. The van der Waals surface area contributed by atoms with Crippen molar-refractivity contribution in [1.82, 2.24) is 10.2 Å². The summed E-state index contributed by atoms with van der Waals surface area (Å²) in [7, 11) is -3.82. The van der Waals surface area contributed by atoms with Gasteiger partial charge >= 0.3 is 0 Å². The van der Waals surface area contributed by atoms with E-state index in [2.05, 4.69) is 5.32 Å². The van der Waals surface area contributed by atoms with Crippen LogP contribution in [0.5, 0.6) is 0 Å². The summed E-state index contributed by atoms with van der Waals surface area (Å²) in [6.45, 7) is 5.48. The Morgan fingerprint density at radius 3 is 2.24 bits per heavy atom. The van der Waals surface area contributed by atoms with Gasteiger partial charge in [-0.2, -0.15) is 0 Å². The van der Waals surface area contributed by atoms with Crippen molar-refractivity contribution in [1.29, 1.82) is 0 Å². The molecular weight excluding hydrogens is 522 g/mol. The monoisotopic (exact) mass is 555 g/mol. The second-order valence-electron chi connectivity index (χ2n) is 9.20. The topological polar surface area (TPSA) is 86.8 Å². The molecule has 3 rings (SSSR count). The summed E-state index contributed by atoms with van der Waals surface area (Å²) < 4.78 is 26.9. The molecule has 0 fully saturated rings. The van der Waals surface area contributed by atoms with E-state index in [1.165, 1.54) is 4.90 Å². The van der Waals surface area contributed by atoms with Gasteiger partial charge in [0.05, 0.1) is 11.9 Å². The number of aryl methyl sites for hydroxylation is 1. The highest BCUT2D eigenvalue weighted by Gasteiger charge is 2.33. The zero-order chi connectivity index (χ0) is 27.9. The predicted octanol–water partition coefficient (Wildman–Crippen LogP) is 4.50. The second kappa shape index (κ2) is 12.9. The first-order chi connectivity index (χ1) is 18.0. The Bertz CT molecular complexity index is 1380. The molecule has 0 radical (unpaired) electrons. The maximum Gasteiger partial charge on any atom is 0.244 e. The molecule has 1 atom stereocenters. The number of halogens is 1. The van der Waals surface area contributed by atoms with Gasteiger partial charge in [0.2, 0.25) is 21.8 Å². The Morgan fingerprint density at radius 1 is 0.947 bits per heavy atom. The lowest BCUT2D eigenvalue weighted by Crippen LogP contribution is -2.53. The van der Waals surface area contributed by atoms with Crippen molar-refractivity contribution in [2.45, 2.75) is 39.8 Å². The van der Waals surface area contributed by atoms with Gasteiger partial charge < -0.3 is 10.2 Å². The van der Waals surface area contributed by atoms with E-state index in [-0.39, 0.29) is 18.9 Å². The third-order valence-corrected chi connectivity index (χ3v) is 7.94. The van der Waals surface area contributed by atoms with E-state index in [9.17, 15) is 18.0 Å². The van der Waals surface area contributed by atoms with Crippen molar-refractivity contribution < 1.29 is 18.0 Å². The van der Waals surface area contributed by atoms with Crippen LogP contribution in [0.2, 0.25) is 5.02 Å². The van der Waals surface area contributed by atoms with Crippen LogP contribution in [-0.2, 0) is 32.6 Å². The molecule has 0 spiro atoms. The summed E-state index contributed by atoms with van der Waals surface area (Å²) in [5.74, 6) is -0.835. The van der Waals surface area contributed by atoms with Crippen molar-refractivity contribution in [3.63, 3.8) is 0 Å². The average Bonchev–Trinajstić information content (AvgIpc) is 2.87. The van der Waals surface area contributed by atoms with Crippen molar-refractivity contribution in [2.75, 3.05) is 23.7 Å². The molecule has 0 saturated carbocycles. The lowest BCUT2D eigenvalue weighted by molar-refractivity contribution is -0.140. The lowest BCUT2D eigenvalue weighted by atomic mass is 10.0. The maximum absolute atomic E-state index is 14.0. The number of benzene rings is 3. The molecule has 0 aliphatic heterocycles. The van der Waals surface area contributed by atoms with Crippen LogP contribution in [0.1, 0.15) is 29.2 Å². The van der Waals surface area contributed by atoms with Gasteiger partial charge in [-0.05, 0) is 55.2 Å². The number of amides is 2. The molecule has 3 aromatic carbocycles. The van der Waals surface area contributed by atoms with Crippen molar-refractivity contribution >= 4 is 39.1 Å². The van der Waals surface area contributed by atoms with Crippen LogP contribution in [-0.4, -0.2) is 50.5 Å². The highest BCUT2D eigenvalue weighted by Crippen LogP contribution is 2.26. The van der Waals surface area contributed by atoms with Crippen molar-refractivity contribution in [2.24, 2.45) is 0 Å². The molecule has 202 valence electrons. The summed E-state index contributed by atoms with van der Waals surface area (Å²) in [5, 5.41) is 3.29. The third kappa shape index (κ3) is 7.36. The molecular formula is C29H34ClN3O4S. The molecule has 0 heterocycles. The minimum atomic E-state index is -3.82. The van der Waals surface area contributed by atoms with E-state index in [4.69, 9.17) is 11.6 Å². The molecule has 0 aliphatic carbocycles. The Labute approximate surface area is 230 Å². The zero-order valence-corrected chi connectivity index (χ0v) is 23.7. The molecule has 2 amide bonds. The van der Waals surface area contributed by atoms with Gasteiger partial charge in [-0.3, -0.25) is 13.9 Å². The SMILES string of the molecule is CCNC(=O)[C@@H](Cc1ccccc1)N(Cc1ccccc1Cl)C(=O)CN(c1cccc(C)c1C)S(C)(=O)=O. The quantitative estimate of drug-likeness (QED) is 0.377. The summed E-state index contributed by atoms with van der Waals surface area (Å²) >= 11 is 6.45. The number of rotatable bonds is 11. The fourth-order valence-corrected chi connectivity index (χ4v) is 5.35. The Kier molecular flexibility index (Phi) is 9.94. The molecule has 38 heavy (non-hydrogen) atoms. The van der Waals surface area contributed by atoms with E-state index in [0.29, 0.717) is 22.8 Å². The van der Waals surface area contributed by atoms with Gasteiger partial charge in [0, 0.05) is 24.5 Å². The third-order valence-electron chi connectivity index (χ3n) is 6.44. The number of hydrogen-bond acceptors (Lipinski definition) is 4. The van der Waals surface area contributed by atoms with Gasteiger partial charge in [0.1, 0.15) is 12.6 Å². The first-order valence-electron chi connectivity index (χ1n) is 12.4. The molecule has 0 unspecified atom stereocenters. The number of hydrogen-bond donors (Lipinski definition) is 1. The van der Waals surface area contributed by atoms with Crippen LogP contribution >= 0.6 is 11.6 Å². The van der Waals surface area contributed by atoms with Crippen LogP contribution in [0.3, 0.4) is 0 Å². The Balaban J connectivity index is 2.08. The molecule has 0 aliphatic rings. The molecule has 7 nitrogen and oxygen atoms in total. The maximum atomic E-state index is 14.0. The van der Waals surface area contributed by atoms with Gasteiger partial charge in [0.15, 0.2) is 0 Å². The van der Waals surface area contributed by atoms with E-state index >= 15 is 0 Å². The van der Waals surface area contributed by atoms with Crippen molar-refractivity contribution in [3.8, 4) is 0 Å². The molecule has 0 bridgehead atoms. The van der Waals surface area contributed by atoms with Gasteiger partial charge in [-0.1, -0.05) is 72.3 Å². The lowest BCUT2D eigenvalue weighted by Gasteiger charge is -2.34. The molecule has 9 heteroatoms. The number of nitrogens with zero attached hydrogens (tertiary/aromatic N) is 2. The molecule has 1 N–H and O–H groups in total. The Morgan fingerprint density at radius 2 is 1.61 bits per heavy atom. The number of nitrogens with one attached hydrogen (secondary N) is 1. The van der Waals surface area contributed by atoms with Crippen LogP contribution in [0, 0.1) is 13.8 Å². The Hall–Kier alpha value is -3.36. The predicted molar refractivity (Wildman–Crippen MR) is 153 cm³/mol. The normalized spacial score (nSPS) is 12.0. The van der Waals surface area contributed by atoms with E-state index < -0.39 is 28.5 Å². The second-order valence-corrected chi connectivity index (χ2v) is 11.5. The van der Waals surface area contributed by atoms with Crippen LogP contribution in [0.4, 0.5) is 5.69 Å². The van der Waals surface area contributed by atoms with Gasteiger partial charge in [0.25, 0.3) is 0 Å². The average molecular weight is 556 g/mol. The number of anilines is 1. The molecule has 0 saturated heterocycles. The summed E-state index contributed by atoms with van der Waals surface area (Å²) in [5.41, 5.74) is 3.61. The zero-order valence-electron chi connectivity index (χ0n) is 22.1. The largest absolute Gasteiger partial charge is 0.355 e. The smallest absolute Gasteiger partial charge is 0.244 e. The number of sulfonamides is 1. The van der Waals surface area contributed by atoms with E-state index in [0.717, 1.165) is 27.3 Å². The minimum absolute atomic E-state index is 0.0392. The van der Waals surface area contributed by atoms with E-state index in [1.807, 2.05) is 57.2 Å². The first kappa shape index (κ1) is 29.2. The van der Waals surface area contributed by atoms with Gasteiger partial charge in [-0.25, -0.2) is 8.42 Å². The minimum Gasteiger partial charge on any atom is -0.355 e. The fraction of sp³-hybridized carbons (Fsp3) is 0.310. The van der Waals surface area contributed by atoms with Crippen molar-refractivity contribution in [3.05, 3.63) is 100 Å². The van der Waals surface area contributed by atoms with E-state index in [1.54, 1.807) is 36.4 Å². The van der Waals surface area contributed by atoms with Crippen LogP contribution in [0.25, 0.3) is 0 Å². The fourth-order valence-electron chi connectivity index (χ4n) is 4.26. The summed E-state index contributed by atoms with van der Waals surface area (Å²) in [6.07, 6.45) is 1.33. The highest BCUT2D eigenvalue weighted by atomic mass is 35.5. The summed E-state index contributed by atoms with van der Waals surface area (Å²) in [6, 6.07) is 20.9. The highest BCUT2D eigenvalue weighted by molar-refractivity contribution is 7.92. The molecule has 0 aromatic heterocycles. The van der Waals surface area contributed by atoms with Gasteiger partial charge in [-0.15, -0.1) is 0 Å².